The van der Waals surface area contributed by atoms with Crippen LogP contribution in [0.1, 0.15) is 25.7 Å². The number of thiazole rings is 1. The van der Waals surface area contributed by atoms with Crippen LogP contribution in [0.25, 0.3) is 0 Å². The van der Waals surface area contributed by atoms with Gasteiger partial charge in [-0.15, -0.1) is 11.3 Å². The van der Waals surface area contributed by atoms with Gasteiger partial charge in [-0.25, -0.2) is 9.78 Å². The summed E-state index contributed by atoms with van der Waals surface area (Å²) >= 11 is 1.44. The Morgan fingerprint density at radius 3 is 3.17 bits per heavy atom. The molecule has 0 bridgehead atoms. The van der Waals surface area contributed by atoms with Crippen LogP contribution in [0.5, 0.6) is 0 Å². The smallest absolute Gasteiger partial charge is 0.321 e. The van der Waals surface area contributed by atoms with Crippen LogP contribution in [0.3, 0.4) is 0 Å². The van der Waals surface area contributed by atoms with Crippen LogP contribution in [0.15, 0.2) is 11.6 Å². The number of carbonyl (C=O) groups is 1. The minimum absolute atomic E-state index is 0.123. The molecule has 0 aliphatic carbocycles. The van der Waals surface area contributed by atoms with Gasteiger partial charge in [-0.05, 0) is 25.8 Å². The Morgan fingerprint density at radius 2 is 2.33 bits per heavy atom. The standard InChI is InChI=1S/C12H18N4OS/c17-11(15-12-13-5-8-18-12)14-9-4-7-16-6-2-1-3-10(9)16/h5,8-10H,1-4,6-7H2,(H2,13,14,15,17)/t9-,10-/m0/s1. The third kappa shape index (κ3) is 2.49. The number of nitrogens with one attached hydrogen (secondary N) is 2. The van der Waals surface area contributed by atoms with E-state index in [1.807, 2.05) is 5.38 Å². The second-order valence-electron chi connectivity index (χ2n) is 4.93. The predicted octanol–water partition coefficient (Wildman–Crippen LogP) is 1.89. The molecule has 2 aliphatic heterocycles. The monoisotopic (exact) mass is 266 g/mol. The zero-order valence-corrected chi connectivity index (χ0v) is 11.1. The minimum Gasteiger partial charge on any atom is -0.333 e. The van der Waals surface area contributed by atoms with E-state index in [0.29, 0.717) is 17.2 Å². The molecule has 2 atom stereocenters. The molecule has 0 unspecified atom stereocenters. The van der Waals surface area contributed by atoms with Gasteiger partial charge in [-0.2, -0.15) is 0 Å². The first-order valence-corrected chi connectivity index (χ1v) is 7.42. The van der Waals surface area contributed by atoms with Crippen LogP contribution in [0, 0.1) is 0 Å². The van der Waals surface area contributed by atoms with E-state index in [9.17, 15) is 4.79 Å². The molecule has 0 radical (unpaired) electrons. The van der Waals surface area contributed by atoms with E-state index in [4.69, 9.17) is 0 Å². The number of fused-ring (bicyclic) bond motifs is 1. The number of nitrogens with zero attached hydrogens (tertiary/aromatic N) is 2. The highest BCUT2D eigenvalue weighted by Gasteiger charge is 2.36. The molecule has 6 heteroatoms. The van der Waals surface area contributed by atoms with Gasteiger partial charge in [0.05, 0.1) is 0 Å². The molecule has 0 saturated carbocycles. The van der Waals surface area contributed by atoms with Crippen molar-refractivity contribution in [3.63, 3.8) is 0 Å². The lowest BCUT2D eigenvalue weighted by molar-refractivity contribution is 0.180. The van der Waals surface area contributed by atoms with Crippen LogP contribution in [-0.2, 0) is 0 Å². The Hall–Kier alpha value is -1.14. The van der Waals surface area contributed by atoms with Gasteiger partial charge in [0, 0.05) is 30.2 Å². The Bertz CT molecular complexity index is 408. The highest BCUT2D eigenvalue weighted by molar-refractivity contribution is 7.13. The van der Waals surface area contributed by atoms with Gasteiger partial charge in [-0.1, -0.05) is 6.42 Å². The summed E-state index contributed by atoms with van der Waals surface area (Å²) in [5.74, 6) is 0. The third-order valence-corrected chi connectivity index (χ3v) is 4.51. The first-order chi connectivity index (χ1) is 8.83. The second-order valence-corrected chi connectivity index (χ2v) is 5.82. The Kier molecular flexibility index (Phi) is 3.47. The Balaban J connectivity index is 1.54. The summed E-state index contributed by atoms with van der Waals surface area (Å²) in [5.41, 5.74) is 0. The van der Waals surface area contributed by atoms with Crippen molar-refractivity contribution in [1.82, 2.24) is 15.2 Å². The lowest BCUT2D eigenvalue weighted by Crippen LogP contribution is -2.47. The predicted molar refractivity (Wildman–Crippen MR) is 71.9 cm³/mol. The molecule has 2 aliphatic rings. The number of hydrogen-bond donors (Lipinski definition) is 2. The Morgan fingerprint density at radius 1 is 1.39 bits per heavy atom. The van der Waals surface area contributed by atoms with E-state index in [2.05, 4.69) is 20.5 Å². The van der Waals surface area contributed by atoms with E-state index in [-0.39, 0.29) is 6.03 Å². The quantitative estimate of drug-likeness (QED) is 0.859. The maximum Gasteiger partial charge on any atom is 0.321 e. The highest BCUT2D eigenvalue weighted by Crippen LogP contribution is 2.27. The largest absolute Gasteiger partial charge is 0.333 e. The normalized spacial score (nSPS) is 27.8. The van der Waals surface area contributed by atoms with Crippen molar-refractivity contribution in [2.45, 2.75) is 37.8 Å². The molecular weight excluding hydrogens is 248 g/mol. The van der Waals surface area contributed by atoms with Gasteiger partial charge in [0.25, 0.3) is 0 Å². The molecule has 0 aromatic carbocycles. The zero-order valence-electron chi connectivity index (χ0n) is 10.3. The molecule has 18 heavy (non-hydrogen) atoms. The molecule has 2 fully saturated rings. The van der Waals surface area contributed by atoms with Crippen LogP contribution >= 0.6 is 11.3 Å². The topological polar surface area (TPSA) is 57.3 Å². The van der Waals surface area contributed by atoms with Gasteiger partial charge < -0.3 is 5.32 Å². The minimum atomic E-state index is -0.123. The highest BCUT2D eigenvalue weighted by atomic mass is 32.1. The number of anilines is 1. The first-order valence-electron chi connectivity index (χ1n) is 6.54. The number of aromatic nitrogens is 1. The molecular formula is C12H18N4OS. The fourth-order valence-corrected chi connectivity index (χ4v) is 3.53. The summed E-state index contributed by atoms with van der Waals surface area (Å²) in [7, 11) is 0. The summed E-state index contributed by atoms with van der Waals surface area (Å²) < 4.78 is 0. The summed E-state index contributed by atoms with van der Waals surface area (Å²) in [6, 6.07) is 0.716. The van der Waals surface area contributed by atoms with Crippen molar-refractivity contribution in [2.24, 2.45) is 0 Å². The summed E-state index contributed by atoms with van der Waals surface area (Å²) in [6.45, 7) is 2.31. The molecule has 2 N–H and O–H groups in total. The van der Waals surface area contributed by atoms with Crippen LogP contribution in [0.2, 0.25) is 0 Å². The lowest BCUT2D eigenvalue weighted by atomic mass is 9.99. The van der Waals surface area contributed by atoms with Gasteiger partial charge in [-0.3, -0.25) is 10.2 Å². The second kappa shape index (κ2) is 5.24. The fourth-order valence-electron chi connectivity index (χ4n) is 3.00. The molecule has 2 saturated heterocycles. The van der Waals surface area contributed by atoms with Crippen molar-refractivity contribution < 1.29 is 4.79 Å². The van der Waals surface area contributed by atoms with Gasteiger partial charge in [0.15, 0.2) is 5.13 Å². The number of hydrogen-bond acceptors (Lipinski definition) is 4. The van der Waals surface area contributed by atoms with Crippen LogP contribution in [0.4, 0.5) is 9.93 Å². The SMILES string of the molecule is O=C(Nc1nccs1)N[C@H]1CCN2CCCC[C@@H]12. The number of rotatable bonds is 2. The molecule has 1 aromatic heterocycles. The lowest BCUT2D eigenvalue weighted by Gasteiger charge is -2.32. The van der Waals surface area contributed by atoms with Crippen LogP contribution in [-0.4, -0.2) is 41.1 Å². The maximum atomic E-state index is 11.9. The van der Waals surface area contributed by atoms with Gasteiger partial charge in [0.2, 0.25) is 0 Å². The van der Waals surface area contributed by atoms with E-state index in [1.54, 1.807) is 6.20 Å². The van der Waals surface area contributed by atoms with Gasteiger partial charge >= 0.3 is 6.03 Å². The van der Waals surface area contributed by atoms with Gasteiger partial charge in [0.1, 0.15) is 0 Å². The zero-order chi connectivity index (χ0) is 12.4. The number of urea groups is 1. The number of carbonyl (C=O) groups excluding carboxylic acids is 1. The summed E-state index contributed by atoms with van der Waals surface area (Å²) in [5, 5.41) is 8.39. The van der Waals surface area contributed by atoms with Crippen molar-refractivity contribution in [2.75, 3.05) is 18.4 Å². The van der Waals surface area contributed by atoms with E-state index in [0.717, 1.165) is 13.0 Å². The average molecular weight is 266 g/mol. The van der Waals surface area contributed by atoms with Crippen molar-refractivity contribution in [3.8, 4) is 0 Å². The van der Waals surface area contributed by atoms with E-state index in [1.165, 1.54) is 37.1 Å². The summed E-state index contributed by atoms with van der Waals surface area (Å²) in [6.07, 6.45) is 6.55. The van der Waals surface area contributed by atoms with Crippen molar-refractivity contribution in [3.05, 3.63) is 11.6 Å². The van der Waals surface area contributed by atoms with E-state index >= 15 is 0 Å². The molecule has 2 amide bonds. The fraction of sp³-hybridized carbons (Fsp3) is 0.667. The molecule has 3 rings (SSSR count). The number of amides is 2. The molecule has 5 nitrogen and oxygen atoms in total. The average Bonchev–Trinajstić information content (AvgIpc) is 3.00. The number of piperidine rings is 1. The molecule has 0 spiro atoms. The van der Waals surface area contributed by atoms with Crippen LogP contribution < -0.4 is 10.6 Å². The maximum absolute atomic E-state index is 11.9. The Labute approximate surface area is 111 Å². The third-order valence-electron chi connectivity index (χ3n) is 3.83. The van der Waals surface area contributed by atoms with Crippen molar-refractivity contribution >= 4 is 22.5 Å². The molecule has 1 aromatic rings. The van der Waals surface area contributed by atoms with E-state index < -0.39 is 0 Å². The summed E-state index contributed by atoms with van der Waals surface area (Å²) in [4.78, 5) is 18.4. The van der Waals surface area contributed by atoms with Crippen molar-refractivity contribution in [1.29, 1.82) is 0 Å². The first kappa shape index (κ1) is 11.9. The molecule has 3 heterocycles. The molecule has 98 valence electrons.